The summed E-state index contributed by atoms with van der Waals surface area (Å²) in [7, 11) is 0. The summed E-state index contributed by atoms with van der Waals surface area (Å²) < 4.78 is 0. The minimum atomic E-state index is -1.40. The second-order valence-electron chi connectivity index (χ2n) is 9.15. The van der Waals surface area contributed by atoms with Crippen LogP contribution in [-0.2, 0) is 36.8 Å². The Morgan fingerprint density at radius 2 is 1.41 bits per heavy atom. The first-order chi connectivity index (χ1) is 18.5. The van der Waals surface area contributed by atoms with E-state index in [1.54, 1.807) is 36.5 Å². The van der Waals surface area contributed by atoms with Gasteiger partial charge >= 0.3 is 11.9 Å². The predicted octanol–water partition coefficient (Wildman–Crippen LogP) is 0.314. The summed E-state index contributed by atoms with van der Waals surface area (Å²) in [5.74, 6) is -4.81. The predicted molar refractivity (Wildman–Crippen MR) is 141 cm³/mol. The topological polar surface area (TPSA) is 204 Å². The molecule has 12 nitrogen and oxygen atoms in total. The van der Waals surface area contributed by atoms with E-state index >= 15 is 0 Å². The molecule has 0 bridgehead atoms. The Balaban J connectivity index is 1.87. The van der Waals surface area contributed by atoms with E-state index in [1.807, 2.05) is 24.3 Å². The quantitative estimate of drug-likeness (QED) is 0.161. The van der Waals surface area contributed by atoms with E-state index in [4.69, 9.17) is 10.8 Å². The zero-order valence-electron chi connectivity index (χ0n) is 21.2. The molecule has 0 aliphatic heterocycles. The monoisotopic (exact) mass is 537 g/mol. The third kappa shape index (κ3) is 8.14. The summed E-state index contributed by atoms with van der Waals surface area (Å²) in [6, 6.07) is 11.2. The number of aliphatic carboxylic acids is 2. The standard InChI is InChI=1S/C27H31N5O7/c1-15(27(38)39)30-25(36)21(11-16-7-3-2-4-8-16)32-26(37)22(31-24(35)19(28)13-23(33)34)12-17-14-29-20-10-6-5-9-18(17)20/h2-10,14-15,19,21-22,29H,11-13,28H2,1H3,(H,30,36)(H,31,35)(H,32,37)(H,33,34)(H,38,39). The lowest BCUT2D eigenvalue weighted by atomic mass is 10.0. The van der Waals surface area contributed by atoms with Crippen molar-refractivity contribution in [3.63, 3.8) is 0 Å². The van der Waals surface area contributed by atoms with Crippen molar-refractivity contribution in [2.45, 2.75) is 50.4 Å². The third-order valence-electron chi connectivity index (χ3n) is 6.11. The molecule has 206 valence electrons. The van der Waals surface area contributed by atoms with Crippen LogP contribution in [0.2, 0.25) is 0 Å². The molecule has 0 saturated heterocycles. The second-order valence-corrected chi connectivity index (χ2v) is 9.15. The average molecular weight is 538 g/mol. The minimum Gasteiger partial charge on any atom is -0.481 e. The number of para-hydroxylation sites is 1. The van der Waals surface area contributed by atoms with Crippen LogP contribution in [0.3, 0.4) is 0 Å². The van der Waals surface area contributed by atoms with E-state index in [1.165, 1.54) is 6.92 Å². The lowest BCUT2D eigenvalue weighted by molar-refractivity contribution is -0.141. The largest absolute Gasteiger partial charge is 0.481 e. The summed E-state index contributed by atoms with van der Waals surface area (Å²) in [6.45, 7) is 1.30. The van der Waals surface area contributed by atoms with Crippen LogP contribution in [0.4, 0.5) is 0 Å². The van der Waals surface area contributed by atoms with Gasteiger partial charge < -0.3 is 36.9 Å². The van der Waals surface area contributed by atoms with Crippen molar-refractivity contribution in [1.29, 1.82) is 0 Å². The highest BCUT2D eigenvalue weighted by atomic mass is 16.4. The van der Waals surface area contributed by atoms with E-state index in [-0.39, 0.29) is 12.8 Å². The fourth-order valence-electron chi connectivity index (χ4n) is 4.00. The molecular formula is C27H31N5O7. The number of nitrogens with one attached hydrogen (secondary N) is 4. The molecule has 39 heavy (non-hydrogen) atoms. The van der Waals surface area contributed by atoms with E-state index in [2.05, 4.69) is 20.9 Å². The van der Waals surface area contributed by atoms with Crippen LogP contribution in [0.5, 0.6) is 0 Å². The fourth-order valence-corrected chi connectivity index (χ4v) is 4.00. The smallest absolute Gasteiger partial charge is 0.325 e. The second kappa shape index (κ2) is 13.2. The van der Waals surface area contributed by atoms with Gasteiger partial charge in [-0.3, -0.25) is 24.0 Å². The van der Waals surface area contributed by atoms with Crippen molar-refractivity contribution in [2.75, 3.05) is 0 Å². The number of carboxylic acid groups (broad SMARTS) is 2. The van der Waals surface area contributed by atoms with Crippen LogP contribution in [0, 0.1) is 0 Å². The highest BCUT2D eigenvalue weighted by molar-refractivity contribution is 5.95. The Bertz CT molecular complexity index is 1340. The van der Waals surface area contributed by atoms with Gasteiger partial charge in [0.05, 0.1) is 12.5 Å². The maximum Gasteiger partial charge on any atom is 0.325 e. The fraction of sp³-hybridized carbons (Fsp3) is 0.296. The maximum atomic E-state index is 13.5. The number of benzene rings is 2. The molecule has 2 aromatic carbocycles. The first kappa shape index (κ1) is 28.9. The molecule has 0 spiro atoms. The maximum absolute atomic E-state index is 13.5. The van der Waals surface area contributed by atoms with Gasteiger partial charge in [-0.25, -0.2) is 0 Å². The number of fused-ring (bicyclic) bond motifs is 1. The van der Waals surface area contributed by atoms with Gasteiger partial charge in [-0.15, -0.1) is 0 Å². The third-order valence-corrected chi connectivity index (χ3v) is 6.11. The highest BCUT2D eigenvalue weighted by Gasteiger charge is 2.30. The first-order valence-electron chi connectivity index (χ1n) is 12.3. The summed E-state index contributed by atoms with van der Waals surface area (Å²) in [6.07, 6.45) is 1.11. The van der Waals surface area contributed by atoms with Crippen LogP contribution in [0.1, 0.15) is 24.5 Å². The Morgan fingerprint density at radius 1 is 0.821 bits per heavy atom. The number of carboxylic acids is 2. The van der Waals surface area contributed by atoms with Crippen LogP contribution in [-0.4, -0.2) is 69.0 Å². The summed E-state index contributed by atoms with van der Waals surface area (Å²) >= 11 is 0. The van der Waals surface area contributed by atoms with Crippen molar-refractivity contribution >= 4 is 40.6 Å². The van der Waals surface area contributed by atoms with Crippen molar-refractivity contribution in [1.82, 2.24) is 20.9 Å². The van der Waals surface area contributed by atoms with Gasteiger partial charge in [0.25, 0.3) is 0 Å². The van der Waals surface area contributed by atoms with Crippen LogP contribution in [0.15, 0.2) is 60.8 Å². The van der Waals surface area contributed by atoms with Crippen molar-refractivity contribution in [3.8, 4) is 0 Å². The van der Waals surface area contributed by atoms with E-state index < -0.39 is 60.2 Å². The number of H-pyrrole nitrogens is 1. The molecule has 0 aliphatic carbocycles. The summed E-state index contributed by atoms with van der Waals surface area (Å²) in [5.41, 5.74) is 7.93. The van der Waals surface area contributed by atoms with Crippen LogP contribution >= 0.6 is 0 Å². The van der Waals surface area contributed by atoms with Crippen LogP contribution in [0.25, 0.3) is 10.9 Å². The number of hydrogen-bond donors (Lipinski definition) is 7. The molecule has 4 unspecified atom stereocenters. The van der Waals surface area contributed by atoms with Gasteiger partial charge in [-0.1, -0.05) is 48.5 Å². The van der Waals surface area contributed by atoms with Crippen molar-refractivity contribution < 1.29 is 34.2 Å². The van der Waals surface area contributed by atoms with Gasteiger partial charge in [0.1, 0.15) is 18.1 Å². The molecule has 0 aliphatic rings. The number of carbonyl (C=O) groups is 5. The number of amides is 3. The molecule has 3 aromatic rings. The van der Waals surface area contributed by atoms with Gasteiger partial charge in [0.15, 0.2) is 0 Å². The summed E-state index contributed by atoms with van der Waals surface area (Å²) in [4.78, 5) is 64.6. The zero-order chi connectivity index (χ0) is 28.5. The molecule has 1 heterocycles. The molecule has 0 radical (unpaired) electrons. The molecule has 0 fully saturated rings. The van der Waals surface area contributed by atoms with Crippen molar-refractivity contribution in [3.05, 3.63) is 71.9 Å². The summed E-state index contributed by atoms with van der Waals surface area (Å²) in [5, 5.41) is 26.5. The van der Waals surface area contributed by atoms with Gasteiger partial charge in [0.2, 0.25) is 17.7 Å². The number of rotatable bonds is 13. The van der Waals surface area contributed by atoms with Crippen molar-refractivity contribution in [2.24, 2.45) is 5.73 Å². The first-order valence-corrected chi connectivity index (χ1v) is 12.3. The van der Waals surface area contributed by atoms with E-state index in [0.29, 0.717) is 11.1 Å². The number of hydrogen-bond acceptors (Lipinski definition) is 6. The van der Waals surface area contributed by atoms with Gasteiger partial charge in [-0.2, -0.15) is 0 Å². The number of carbonyl (C=O) groups excluding carboxylic acids is 3. The number of aromatic amines is 1. The SMILES string of the molecule is CC(NC(=O)C(Cc1ccccc1)NC(=O)C(Cc1c[nH]c2ccccc12)NC(=O)C(N)CC(=O)O)C(=O)O. The van der Waals surface area contributed by atoms with E-state index in [0.717, 1.165) is 10.9 Å². The Labute approximate surface area is 224 Å². The molecule has 0 saturated carbocycles. The molecular weight excluding hydrogens is 506 g/mol. The molecule has 3 amide bonds. The Morgan fingerprint density at radius 3 is 2.08 bits per heavy atom. The van der Waals surface area contributed by atoms with Crippen LogP contribution < -0.4 is 21.7 Å². The van der Waals surface area contributed by atoms with Gasteiger partial charge in [-0.05, 0) is 24.1 Å². The Hall–Kier alpha value is -4.71. The molecule has 3 rings (SSSR count). The van der Waals surface area contributed by atoms with Gasteiger partial charge in [0, 0.05) is 29.9 Å². The molecule has 12 heteroatoms. The average Bonchev–Trinajstić information content (AvgIpc) is 3.30. The zero-order valence-corrected chi connectivity index (χ0v) is 21.2. The molecule has 4 atom stereocenters. The normalized spacial score (nSPS) is 14.0. The molecule has 8 N–H and O–H groups in total. The minimum absolute atomic E-state index is 0.00653. The molecule has 1 aromatic heterocycles. The van der Waals surface area contributed by atoms with E-state index in [9.17, 15) is 29.1 Å². The number of nitrogens with two attached hydrogens (primary N) is 1. The lowest BCUT2D eigenvalue weighted by Gasteiger charge is -2.25. The highest BCUT2D eigenvalue weighted by Crippen LogP contribution is 2.19. The number of aromatic nitrogens is 1. The lowest BCUT2D eigenvalue weighted by Crippen LogP contribution is -2.58. The Kier molecular flexibility index (Phi) is 9.76.